The summed E-state index contributed by atoms with van der Waals surface area (Å²) in [6.45, 7) is 2.09. The Bertz CT molecular complexity index is 658. The Morgan fingerprint density at radius 1 is 1.30 bits per heavy atom. The van der Waals surface area contributed by atoms with E-state index in [2.05, 4.69) is 10.3 Å². The quantitative estimate of drug-likeness (QED) is 0.759. The van der Waals surface area contributed by atoms with Crippen molar-refractivity contribution in [3.8, 4) is 5.75 Å². The van der Waals surface area contributed by atoms with Crippen molar-refractivity contribution in [1.29, 1.82) is 0 Å². The average Bonchev–Trinajstić information content (AvgIpc) is 2.54. The van der Waals surface area contributed by atoms with Gasteiger partial charge in [0, 0.05) is 30.4 Å². The third kappa shape index (κ3) is 5.13. The molecule has 0 amide bonds. The highest BCUT2D eigenvalue weighted by atomic mass is 35.5. The number of aliphatic hydroxyl groups excluding tert-OH is 1. The number of hydrogen-bond donors (Lipinski definition) is 2. The number of ether oxygens (including phenoxy) is 1. The lowest BCUT2D eigenvalue weighted by Crippen LogP contribution is -2.33. The summed E-state index contributed by atoms with van der Waals surface area (Å²) in [4.78, 5) is 3.99. The van der Waals surface area contributed by atoms with Crippen LogP contribution in [0.1, 0.15) is 18.5 Å². The van der Waals surface area contributed by atoms with Gasteiger partial charge in [-0.2, -0.15) is 0 Å². The normalized spacial score (nSPS) is 13.6. The molecule has 2 N–H and O–H groups in total. The standard InChI is InChI=1S/C16H17ClF2N2O2/c1-10(13-3-2-6-20-16(13)17)21-8-11(22)9-23-12-4-5-14(18)15(19)7-12/h2-7,10-11,21-22H,8-9H2,1H3. The smallest absolute Gasteiger partial charge is 0.162 e. The molecule has 2 atom stereocenters. The van der Waals surface area contributed by atoms with Crippen LogP contribution in [0.5, 0.6) is 5.75 Å². The van der Waals surface area contributed by atoms with E-state index in [1.807, 2.05) is 13.0 Å². The van der Waals surface area contributed by atoms with E-state index in [0.717, 1.165) is 17.7 Å². The number of nitrogens with one attached hydrogen (secondary N) is 1. The fraction of sp³-hybridized carbons (Fsp3) is 0.312. The van der Waals surface area contributed by atoms with Crippen molar-refractivity contribution in [3.05, 3.63) is 58.9 Å². The van der Waals surface area contributed by atoms with Gasteiger partial charge in [0.05, 0.1) is 0 Å². The molecular weight excluding hydrogens is 326 g/mol. The molecule has 124 valence electrons. The fourth-order valence-electron chi connectivity index (χ4n) is 1.96. The molecule has 0 fully saturated rings. The molecule has 1 aromatic carbocycles. The van der Waals surface area contributed by atoms with Gasteiger partial charge in [0.15, 0.2) is 11.6 Å². The van der Waals surface area contributed by atoms with Crippen LogP contribution >= 0.6 is 11.6 Å². The number of aromatic nitrogens is 1. The van der Waals surface area contributed by atoms with Gasteiger partial charge in [0.2, 0.25) is 0 Å². The van der Waals surface area contributed by atoms with E-state index < -0.39 is 17.7 Å². The van der Waals surface area contributed by atoms with Crippen LogP contribution < -0.4 is 10.1 Å². The summed E-state index contributed by atoms with van der Waals surface area (Å²) in [5.74, 6) is -1.78. The fourth-order valence-corrected chi connectivity index (χ4v) is 2.25. The molecule has 0 aliphatic heterocycles. The zero-order chi connectivity index (χ0) is 16.8. The summed E-state index contributed by atoms with van der Waals surface area (Å²) in [6.07, 6.45) is 0.782. The molecule has 7 heteroatoms. The lowest BCUT2D eigenvalue weighted by atomic mass is 10.1. The first-order valence-corrected chi connectivity index (χ1v) is 7.45. The van der Waals surface area contributed by atoms with Crippen molar-refractivity contribution in [2.45, 2.75) is 19.1 Å². The second kappa shape index (κ2) is 8.19. The first kappa shape index (κ1) is 17.6. The van der Waals surface area contributed by atoms with Gasteiger partial charge in [-0.25, -0.2) is 13.8 Å². The van der Waals surface area contributed by atoms with E-state index in [9.17, 15) is 13.9 Å². The largest absolute Gasteiger partial charge is 0.491 e. The number of halogens is 3. The maximum Gasteiger partial charge on any atom is 0.162 e. The van der Waals surface area contributed by atoms with Crippen LogP contribution in [0.4, 0.5) is 8.78 Å². The summed E-state index contributed by atoms with van der Waals surface area (Å²) in [6, 6.07) is 6.74. The number of pyridine rings is 1. The Labute approximate surface area is 138 Å². The van der Waals surface area contributed by atoms with Crippen molar-refractivity contribution in [1.82, 2.24) is 10.3 Å². The molecular formula is C16H17ClF2N2O2. The molecule has 23 heavy (non-hydrogen) atoms. The number of rotatable bonds is 7. The van der Waals surface area contributed by atoms with Crippen LogP contribution in [0, 0.1) is 11.6 Å². The summed E-state index contributed by atoms with van der Waals surface area (Å²) >= 11 is 6.00. The van der Waals surface area contributed by atoms with E-state index in [0.29, 0.717) is 5.15 Å². The van der Waals surface area contributed by atoms with Gasteiger partial charge in [-0.15, -0.1) is 0 Å². The number of aliphatic hydroxyl groups is 1. The van der Waals surface area contributed by atoms with Gasteiger partial charge in [-0.1, -0.05) is 17.7 Å². The molecule has 0 aliphatic rings. The third-order valence-electron chi connectivity index (χ3n) is 3.25. The lowest BCUT2D eigenvalue weighted by molar-refractivity contribution is 0.104. The van der Waals surface area contributed by atoms with Crippen LogP contribution in [-0.2, 0) is 0 Å². The number of nitrogens with zero attached hydrogens (tertiary/aromatic N) is 1. The van der Waals surface area contributed by atoms with Gasteiger partial charge in [0.1, 0.15) is 23.6 Å². The van der Waals surface area contributed by atoms with Crippen molar-refractivity contribution >= 4 is 11.6 Å². The number of benzene rings is 1. The van der Waals surface area contributed by atoms with E-state index in [1.54, 1.807) is 12.3 Å². The Balaban J connectivity index is 1.79. The van der Waals surface area contributed by atoms with Gasteiger partial charge < -0.3 is 15.2 Å². The molecule has 0 aliphatic carbocycles. The van der Waals surface area contributed by atoms with Crippen LogP contribution in [-0.4, -0.2) is 29.3 Å². The van der Waals surface area contributed by atoms with Gasteiger partial charge >= 0.3 is 0 Å². The van der Waals surface area contributed by atoms with Gasteiger partial charge in [0.25, 0.3) is 0 Å². The van der Waals surface area contributed by atoms with Gasteiger partial charge in [-0.05, 0) is 25.1 Å². The summed E-state index contributed by atoms with van der Waals surface area (Å²) in [5.41, 5.74) is 0.822. The highest BCUT2D eigenvalue weighted by Crippen LogP contribution is 2.20. The summed E-state index contributed by atoms with van der Waals surface area (Å²) < 4.78 is 31.1. The lowest BCUT2D eigenvalue weighted by Gasteiger charge is -2.18. The molecule has 2 aromatic rings. The molecule has 0 saturated carbocycles. The maximum atomic E-state index is 13.0. The van der Waals surface area contributed by atoms with E-state index >= 15 is 0 Å². The first-order chi connectivity index (χ1) is 11.0. The van der Waals surface area contributed by atoms with E-state index in [1.165, 1.54) is 6.07 Å². The summed E-state index contributed by atoms with van der Waals surface area (Å²) in [7, 11) is 0. The minimum atomic E-state index is -0.991. The van der Waals surface area contributed by atoms with Crippen LogP contribution in [0.15, 0.2) is 36.5 Å². The van der Waals surface area contributed by atoms with Crippen molar-refractivity contribution in [2.75, 3.05) is 13.2 Å². The van der Waals surface area contributed by atoms with Crippen molar-refractivity contribution in [3.63, 3.8) is 0 Å². The predicted octanol–water partition coefficient (Wildman–Crippen LogP) is 3.10. The zero-order valence-corrected chi connectivity index (χ0v) is 13.2. The monoisotopic (exact) mass is 342 g/mol. The highest BCUT2D eigenvalue weighted by Gasteiger charge is 2.13. The molecule has 1 aromatic heterocycles. The minimum Gasteiger partial charge on any atom is -0.491 e. The molecule has 1 heterocycles. The van der Waals surface area contributed by atoms with Crippen molar-refractivity contribution < 1.29 is 18.6 Å². The molecule has 4 nitrogen and oxygen atoms in total. The average molecular weight is 343 g/mol. The summed E-state index contributed by atoms with van der Waals surface area (Å²) in [5, 5.41) is 13.4. The zero-order valence-electron chi connectivity index (χ0n) is 12.5. The second-order valence-corrected chi connectivity index (χ2v) is 5.41. The van der Waals surface area contributed by atoms with E-state index in [4.69, 9.17) is 16.3 Å². The number of hydrogen-bond acceptors (Lipinski definition) is 4. The van der Waals surface area contributed by atoms with Crippen LogP contribution in [0.2, 0.25) is 5.15 Å². The van der Waals surface area contributed by atoms with Crippen LogP contribution in [0.3, 0.4) is 0 Å². The minimum absolute atomic E-state index is 0.0500. The SMILES string of the molecule is CC(NCC(O)COc1ccc(F)c(F)c1)c1cccnc1Cl. The Hall–Kier alpha value is -1.76. The van der Waals surface area contributed by atoms with E-state index in [-0.39, 0.29) is 24.9 Å². The molecule has 0 bridgehead atoms. The topological polar surface area (TPSA) is 54.4 Å². The van der Waals surface area contributed by atoms with Gasteiger partial charge in [-0.3, -0.25) is 0 Å². The predicted molar refractivity (Wildman–Crippen MR) is 83.5 cm³/mol. The maximum absolute atomic E-state index is 13.0. The Kier molecular flexibility index (Phi) is 6.27. The van der Waals surface area contributed by atoms with Crippen LogP contribution in [0.25, 0.3) is 0 Å². The highest BCUT2D eigenvalue weighted by molar-refractivity contribution is 6.30. The molecule has 0 radical (unpaired) electrons. The first-order valence-electron chi connectivity index (χ1n) is 7.07. The Morgan fingerprint density at radius 3 is 2.78 bits per heavy atom. The molecule has 2 rings (SSSR count). The molecule has 0 spiro atoms. The van der Waals surface area contributed by atoms with Crippen molar-refractivity contribution in [2.24, 2.45) is 0 Å². The molecule has 2 unspecified atom stereocenters. The molecule has 0 saturated heterocycles. The third-order valence-corrected chi connectivity index (χ3v) is 3.56. The second-order valence-electron chi connectivity index (χ2n) is 5.05. The Morgan fingerprint density at radius 2 is 2.09 bits per heavy atom.